The minimum absolute atomic E-state index is 0.280. The Morgan fingerprint density at radius 2 is 2.12 bits per heavy atom. The number of carbonyl (C=O) groups is 1. The van der Waals surface area contributed by atoms with Crippen LogP contribution < -0.4 is 5.32 Å². The van der Waals surface area contributed by atoms with Gasteiger partial charge >= 0.3 is 0 Å². The van der Waals surface area contributed by atoms with Crippen LogP contribution >= 0.6 is 0 Å². The lowest BCUT2D eigenvalue weighted by Gasteiger charge is -2.22. The molecule has 0 aromatic heterocycles. The number of hydrogen-bond donors (Lipinski definition) is 1. The molecule has 3 heteroatoms. The number of amides is 1. The smallest absolute Gasteiger partial charge is 0.236 e. The van der Waals surface area contributed by atoms with Crippen LogP contribution in [0.25, 0.3) is 0 Å². The summed E-state index contributed by atoms with van der Waals surface area (Å²) in [4.78, 5) is 14.1. The number of hydrogen-bond acceptors (Lipinski definition) is 2. The first-order valence-corrected chi connectivity index (χ1v) is 7.18. The van der Waals surface area contributed by atoms with Crippen LogP contribution in [0, 0.1) is 5.92 Å². The van der Waals surface area contributed by atoms with E-state index in [-0.39, 0.29) is 5.91 Å². The molecule has 1 N–H and O–H groups in total. The van der Waals surface area contributed by atoms with Crippen LogP contribution in [0.1, 0.15) is 52.9 Å². The highest BCUT2D eigenvalue weighted by Gasteiger charge is 2.19. The van der Waals surface area contributed by atoms with Gasteiger partial charge in [0, 0.05) is 19.1 Å². The molecule has 17 heavy (non-hydrogen) atoms. The summed E-state index contributed by atoms with van der Waals surface area (Å²) in [7, 11) is 0. The van der Waals surface area contributed by atoms with Crippen LogP contribution in [-0.2, 0) is 4.79 Å². The molecule has 0 radical (unpaired) electrons. The van der Waals surface area contributed by atoms with Crippen molar-refractivity contribution in [2.75, 3.05) is 19.6 Å². The first kappa shape index (κ1) is 14.5. The molecule has 1 amide bonds. The van der Waals surface area contributed by atoms with Crippen molar-refractivity contribution in [3.05, 3.63) is 0 Å². The van der Waals surface area contributed by atoms with Crippen molar-refractivity contribution in [2.45, 2.75) is 58.9 Å². The van der Waals surface area contributed by atoms with Gasteiger partial charge in [0.15, 0.2) is 0 Å². The third kappa shape index (κ3) is 5.07. The minimum Gasteiger partial charge on any atom is -0.342 e. The van der Waals surface area contributed by atoms with E-state index in [1.54, 1.807) is 0 Å². The first-order chi connectivity index (χ1) is 8.17. The van der Waals surface area contributed by atoms with Gasteiger partial charge in [-0.25, -0.2) is 0 Å². The molecule has 2 unspecified atom stereocenters. The van der Waals surface area contributed by atoms with Gasteiger partial charge in [0.25, 0.3) is 0 Å². The van der Waals surface area contributed by atoms with E-state index in [1.165, 1.54) is 25.7 Å². The Labute approximate surface area is 106 Å². The lowest BCUT2D eigenvalue weighted by Crippen LogP contribution is -2.41. The Bertz CT molecular complexity index is 230. The van der Waals surface area contributed by atoms with Crippen molar-refractivity contribution in [3.8, 4) is 0 Å². The number of rotatable bonds is 5. The predicted octanol–water partition coefficient (Wildman–Crippen LogP) is 2.41. The Morgan fingerprint density at radius 1 is 1.35 bits per heavy atom. The lowest BCUT2D eigenvalue weighted by atomic mass is 9.98. The normalized spacial score (nSPS) is 23.2. The second kappa shape index (κ2) is 7.70. The highest BCUT2D eigenvalue weighted by Crippen LogP contribution is 2.20. The second-order valence-electron chi connectivity index (χ2n) is 5.28. The summed E-state index contributed by atoms with van der Waals surface area (Å²) in [5, 5.41) is 3.28. The highest BCUT2D eigenvalue weighted by molar-refractivity contribution is 5.78. The molecule has 1 heterocycles. The fourth-order valence-corrected chi connectivity index (χ4v) is 2.34. The zero-order chi connectivity index (χ0) is 12.7. The summed E-state index contributed by atoms with van der Waals surface area (Å²) in [5.41, 5.74) is 0. The maximum Gasteiger partial charge on any atom is 0.236 e. The molecule has 0 aliphatic carbocycles. The Hall–Kier alpha value is -0.570. The van der Waals surface area contributed by atoms with Gasteiger partial charge in [-0.2, -0.15) is 0 Å². The van der Waals surface area contributed by atoms with E-state index in [0.29, 0.717) is 12.6 Å². The monoisotopic (exact) mass is 240 g/mol. The van der Waals surface area contributed by atoms with Crippen molar-refractivity contribution in [1.82, 2.24) is 10.2 Å². The van der Waals surface area contributed by atoms with Gasteiger partial charge in [0.1, 0.15) is 0 Å². The third-order valence-electron chi connectivity index (χ3n) is 3.99. The number of carbonyl (C=O) groups excluding carboxylic acids is 1. The highest BCUT2D eigenvalue weighted by atomic mass is 16.2. The van der Waals surface area contributed by atoms with Crippen molar-refractivity contribution in [1.29, 1.82) is 0 Å². The molecule has 0 aromatic rings. The summed E-state index contributed by atoms with van der Waals surface area (Å²) in [6, 6.07) is 0.439. The van der Waals surface area contributed by atoms with Crippen LogP contribution in [0.4, 0.5) is 0 Å². The van der Waals surface area contributed by atoms with E-state index in [0.717, 1.165) is 25.4 Å². The first-order valence-electron chi connectivity index (χ1n) is 7.18. The molecule has 1 fully saturated rings. The van der Waals surface area contributed by atoms with Crippen LogP contribution in [0.5, 0.6) is 0 Å². The summed E-state index contributed by atoms with van der Waals surface area (Å²) in [6.45, 7) is 8.94. The van der Waals surface area contributed by atoms with Crippen LogP contribution in [0.2, 0.25) is 0 Å². The van der Waals surface area contributed by atoms with Gasteiger partial charge in [-0.1, -0.05) is 20.3 Å². The van der Waals surface area contributed by atoms with Gasteiger partial charge in [-0.05, 0) is 38.5 Å². The van der Waals surface area contributed by atoms with Gasteiger partial charge in [-0.15, -0.1) is 0 Å². The molecule has 0 bridgehead atoms. The number of nitrogens with zero attached hydrogens (tertiary/aromatic N) is 1. The van der Waals surface area contributed by atoms with Crippen LogP contribution in [0.15, 0.2) is 0 Å². The molecule has 1 aliphatic heterocycles. The largest absolute Gasteiger partial charge is 0.342 e. The topological polar surface area (TPSA) is 32.3 Å². The van der Waals surface area contributed by atoms with E-state index in [2.05, 4.69) is 26.1 Å². The Morgan fingerprint density at radius 3 is 2.76 bits per heavy atom. The Balaban J connectivity index is 2.31. The molecule has 0 aromatic carbocycles. The predicted molar refractivity (Wildman–Crippen MR) is 72.0 cm³/mol. The van der Waals surface area contributed by atoms with E-state index in [9.17, 15) is 4.79 Å². The van der Waals surface area contributed by atoms with Crippen molar-refractivity contribution >= 4 is 5.91 Å². The fraction of sp³-hybridized carbons (Fsp3) is 0.929. The van der Waals surface area contributed by atoms with Crippen LogP contribution in [0.3, 0.4) is 0 Å². The second-order valence-corrected chi connectivity index (χ2v) is 5.28. The maximum atomic E-state index is 12.0. The van der Waals surface area contributed by atoms with Crippen molar-refractivity contribution in [2.24, 2.45) is 5.92 Å². The lowest BCUT2D eigenvalue weighted by molar-refractivity contribution is -0.130. The maximum absolute atomic E-state index is 12.0. The number of likely N-dealkylation sites (tertiary alicyclic amines) is 1. The zero-order valence-corrected chi connectivity index (χ0v) is 11.7. The quantitative estimate of drug-likeness (QED) is 0.800. The van der Waals surface area contributed by atoms with E-state index in [1.807, 2.05) is 4.90 Å². The molecular formula is C14H28N2O. The van der Waals surface area contributed by atoms with Gasteiger partial charge in [0.2, 0.25) is 5.91 Å². The molecule has 1 rings (SSSR count). The fourth-order valence-electron chi connectivity index (χ4n) is 2.34. The van der Waals surface area contributed by atoms with Crippen molar-refractivity contribution in [3.63, 3.8) is 0 Å². The number of nitrogens with one attached hydrogen (secondary N) is 1. The SMILES string of the molecule is CCC1CCCN(C(=O)CNC(C)CC)CC1. The van der Waals surface area contributed by atoms with Gasteiger partial charge in [0.05, 0.1) is 6.54 Å². The molecular weight excluding hydrogens is 212 g/mol. The summed E-state index contributed by atoms with van der Waals surface area (Å²) >= 11 is 0. The van der Waals surface area contributed by atoms with Crippen molar-refractivity contribution < 1.29 is 4.79 Å². The average Bonchev–Trinajstić information content (AvgIpc) is 2.60. The van der Waals surface area contributed by atoms with Crippen LogP contribution in [-0.4, -0.2) is 36.5 Å². The molecule has 1 saturated heterocycles. The third-order valence-corrected chi connectivity index (χ3v) is 3.99. The summed E-state index contributed by atoms with van der Waals surface area (Å²) in [5.74, 6) is 1.11. The molecule has 0 saturated carbocycles. The van der Waals surface area contributed by atoms with Gasteiger partial charge in [-0.3, -0.25) is 4.79 Å². The van der Waals surface area contributed by atoms with Gasteiger partial charge < -0.3 is 10.2 Å². The van der Waals surface area contributed by atoms with E-state index >= 15 is 0 Å². The molecule has 0 spiro atoms. The summed E-state index contributed by atoms with van der Waals surface area (Å²) in [6.07, 6.45) is 5.98. The minimum atomic E-state index is 0.280. The van der Waals surface area contributed by atoms with E-state index in [4.69, 9.17) is 0 Å². The summed E-state index contributed by atoms with van der Waals surface area (Å²) < 4.78 is 0. The zero-order valence-electron chi connectivity index (χ0n) is 11.7. The molecule has 3 nitrogen and oxygen atoms in total. The molecule has 1 aliphatic rings. The molecule has 100 valence electrons. The standard InChI is InChI=1S/C14H28N2O/c1-4-12(3)15-11-14(17)16-9-6-7-13(5-2)8-10-16/h12-13,15H,4-11H2,1-3H3. The molecule has 2 atom stereocenters. The Kier molecular flexibility index (Phi) is 6.56. The average molecular weight is 240 g/mol. The van der Waals surface area contributed by atoms with E-state index < -0.39 is 0 Å².